The topological polar surface area (TPSA) is 71.8 Å². The number of carbonyl (C=O) groups excluding carboxylic acids is 1. The molecule has 8 heteroatoms. The monoisotopic (exact) mass is 339 g/mol. The van der Waals surface area contributed by atoms with Gasteiger partial charge < -0.3 is 10.6 Å². The molecule has 23 heavy (non-hydrogen) atoms. The standard InChI is InChI=1S/C15H18FN5O.ClH/c1-10-2-3-11(16)8-13(10)18-15(22)14-9-21(20-19-14)12-4-6-17-7-5-12;/h2-3,8-9,12,17H,4-7H2,1H3,(H,18,22);1H. The molecular weight excluding hydrogens is 321 g/mol. The Morgan fingerprint density at radius 1 is 1.39 bits per heavy atom. The van der Waals surface area contributed by atoms with Gasteiger partial charge in [0.25, 0.3) is 5.91 Å². The first-order chi connectivity index (χ1) is 10.6. The SMILES string of the molecule is Cc1ccc(F)cc1NC(=O)c1cn(C2CCNCC2)nn1.Cl. The van der Waals surface area contributed by atoms with Crippen LogP contribution in [0.15, 0.2) is 24.4 Å². The molecule has 6 nitrogen and oxygen atoms in total. The number of nitrogens with zero attached hydrogens (tertiary/aromatic N) is 3. The van der Waals surface area contributed by atoms with Crippen molar-refractivity contribution < 1.29 is 9.18 Å². The molecular formula is C15H19ClFN5O. The minimum absolute atomic E-state index is 0. The van der Waals surface area contributed by atoms with E-state index in [0.717, 1.165) is 31.5 Å². The van der Waals surface area contributed by atoms with Gasteiger partial charge in [0.1, 0.15) is 5.82 Å². The van der Waals surface area contributed by atoms with Crippen LogP contribution in [0.2, 0.25) is 0 Å². The minimum atomic E-state index is -0.390. The number of aromatic nitrogens is 3. The molecule has 0 radical (unpaired) electrons. The number of aryl methyl sites for hydroxylation is 1. The Bertz CT molecular complexity index is 684. The van der Waals surface area contributed by atoms with Crippen molar-refractivity contribution in [3.63, 3.8) is 0 Å². The lowest BCUT2D eigenvalue weighted by Gasteiger charge is -2.22. The van der Waals surface area contributed by atoms with E-state index >= 15 is 0 Å². The third-order valence-corrected chi connectivity index (χ3v) is 3.87. The van der Waals surface area contributed by atoms with Crippen LogP contribution in [0, 0.1) is 12.7 Å². The molecule has 1 aromatic heterocycles. The minimum Gasteiger partial charge on any atom is -0.320 e. The molecule has 1 aromatic carbocycles. The molecule has 1 aliphatic heterocycles. The number of carbonyl (C=O) groups is 1. The van der Waals surface area contributed by atoms with Gasteiger partial charge in [-0.05, 0) is 50.6 Å². The Morgan fingerprint density at radius 3 is 2.87 bits per heavy atom. The molecule has 1 amide bonds. The number of anilines is 1. The lowest BCUT2D eigenvalue weighted by molar-refractivity contribution is 0.102. The van der Waals surface area contributed by atoms with Gasteiger partial charge in [-0.15, -0.1) is 17.5 Å². The van der Waals surface area contributed by atoms with Gasteiger partial charge in [0.05, 0.1) is 12.2 Å². The number of halogens is 2. The van der Waals surface area contributed by atoms with Crippen molar-refractivity contribution in [2.45, 2.75) is 25.8 Å². The molecule has 2 N–H and O–H groups in total. The summed E-state index contributed by atoms with van der Waals surface area (Å²) in [4.78, 5) is 12.2. The van der Waals surface area contributed by atoms with Crippen molar-refractivity contribution in [2.24, 2.45) is 0 Å². The summed E-state index contributed by atoms with van der Waals surface area (Å²) in [5, 5.41) is 13.9. The fourth-order valence-electron chi connectivity index (χ4n) is 2.55. The molecule has 1 aliphatic rings. The maximum absolute atomic E-state index is 13.3. The number of rotatable bonds is 3. The molecule has 0 aliphatic carbocycles. The average Bonchev–Trinajstić information content (AvgIpc) is 3.02. The van der Waals surface area contributed by atoms with Crippen molar-refractivity contribution in [3.05, 3.63) is 41.5 Å². The first kappa shape index (κ1) is 17.4. The summed E-state index contributed by atoms with van der Waals surface area (Å²) in [6, 6.07) is 4.55. The fraction of sp³-hybridized carbons (Fsp3) is 0.400. The molecule has 0 atom stereocenters. The quantitative estimate of drug-likeness (QED) is 0.900. The summed E-state index contributed by atoms with van der Waals surface area (Å²) in [5.74, 6) is -0.770. The molecule has 0 saturated carbocycles. The summed E-state index contributed by atoms with van der Waals surface area (Å²) < 4.78 is 15.0. The second kappa shape index (κ2) is 7.52. The van der Waals surface area contributed by atoms with Crippen molar-refractivity contribution in [1.82, 2.24) is 20.3 Å². The highest BCUT2D eigenvalue weighted by Gasteiger charge is 2.19. The molecule has 3 rings (SSSR count). The predicted molar refractivity (Wildman–Crippen MR) is 87.5 cm³/mol. The van der Waals surface area contributed by atoms with E-state index in [9.17, 15) is 9.18 Å². The Balaban J connectivity index is 0.00000192. The molecule has 0 unspecified atom stereocenters. The Labute approximate surface area is 139 Å². The second-order valence-corrected chi connectivity index (χ2v) is 5.48. The van der Waals surface area contributed by atoms with Crippen LogP contribution in [0.1, 0.15) is 34.9 Å². The molecule has 1 saturated heterocycles. The van der Waals surface area contributed by atoms with Gasteiger partial charge in [0, 0.05) is 5.69 Å². The zero-order valence-corrected chi connectivity index (χ0v) is 13.6. The lowest BCUT2D eigenvalue weighted by atomic mass is 10.1. The van der Waals surface area contributed by atoms with Crippen molar-refractivity contribution in [3.8, 4) is 0 Å². The average molecular weight is 340 g/mol. The van der Waals surface area contributed by atoms with Crippen LogP contribution in [0.3, 0.4) is 0 Å². The molecule has 1 fully saturated rings. The molecule has 0 bridgehead atoms. The number of nitrogens with one attached hydrogen (secondary N) is 2. The first-order valence-electron chi connectivity index (χ1n) is 7.33. The van der Waals surface area contributed by atoms with Gasteiger partial charge in [-0.1, -0.05) is 11.3 Å². The van der Waals surface area contributed by atoms with Gasteiger partial charge in [-0.2, -0.15) is 0 Å². The third-order valence-electron chi connectivity index (χ3n) is 3.87. The van der Waals surface area contributed by atoms with E-state index in [2.05, 4.69) is 20.9 Å². The van der Waals surface area contributed by atoms with Gasteiger partial charge in [-0.3, -0.25) is 4.79 Å². The molecule has 124 valence electrons. The van der Waals surface area contributed by atoms with E-state index in [1.807, 2.05) is 0 Å². The lowest BCUT2D eigenvalue weighted by Crippen LogP contribution is -2.29. The van der Waals surface area contributed by atoms with E-state index in [-0.39, 0.29) is 35.9 Å². The van der Waals surface area contributed by atoms with Gasteiger partial charge in [0.15, 0.2) is 5.69 Å². The summed E-state index contributed by atoms with van der Waals surface area (Å²) >= 11 is 0. The van der Waals surface area contributed by atoms with Crippen LogP contribution in [-0.4, -0.2) is 34.0 Å². The molecule has 2 aromatic rings. The van der Waals surface area contributed by atoms with E-state index in [4.69, 9.17) is 0 Å². The van der Waals surface area contributed by atoms with E-state index in [1.165, 1.54) is 12.1 Å². The van der Waals surface area contributed by atoms with Crippen molar-refractivity contribution in [1.29, 1.82) is 0 Å². The van der Waals surface area contributed by atoms with Crippen molar-refractivity contribution in [2.75, 3.05) is 18.4 Å². The maximum Gasteiger partial charge on any atom is 0.277 e. The van der Waals surface area contributed by atoms with E-state index < -0.39 is 0 Å². The highest BCUT2D eigenvalue weighted by Crippen LogP contribution is 2.19. The third kappa shape index (κ3) is 4.05. The zero-order chi connectivity index (χ0) is 15.5. The zero-order valence-electron chi connectivity index (χ0n) is 12.8. The Kier molecular flexibility index (Phi) is 5.68. The number of hydrogen-bond acceptors (Lipinski definition) is 4. The van der Waals surface area contributed by atoms with Gasteiger partial charge in [0.2, 0.25) is 0 Å². The van der Waals surface area contributed by atoms with Crippen LogP contribution in [0.4, 0.5) is 10.1 Å². The van der Waals surface area contributed by atoms with Crippen LogP contribution >= 0.6 is 12.4 Å². The van der Waals surface area contributed by atoms with Crippen molar-refractivity contribution >= 4 is 24.0 Å². The summed E-state index contributed by atoms with van der Waals surface area (Å²) in [6.07, 6.45) is 3.58. The Morgan fingerprint density at radius 2 is 2.13 bits per heavy atom. The van der Waals surface area contributed by atoms with Crippen LogP contribution in [0.5, 0.6) is 0 Å². The number of amides is 1. The largest absolute Gasteiger partial charge is 0.320 e. The van der Waals surface area contributed by atoms with Crippen LogP contribution < -0.4 is 10.6 Å². The highest BCUT2D eigenvalue weighted by molar-refractivity contribution is 6.03. The smallest absolute Gasteiger partial charge is 0.277 e. The molecule has 2 heterocycles. The van der Waals surface area contributed by atoms with Gasteiger partial charge in [-0.25, -0.2) is 9.07 Å². The number of hydrogen-bond donors (Lipinski definition) is 2. The number of benzene rings is 1. The Hall–Kier alpha value is -1.99. The summed E-state index contributed by atoms with van der Waals surface area (Å²) in [6.45, 7) is 3.68. The van der Waals surface area contributed by atoms with Crippen LogP contribution in [-0.2, 0) is 0 Å². The maximum atomic E-state index is 13.3. The fourth-order valence-corrected chi connectivity index (χ4v) is 2.55. The normalized spacial score (nSPS) is 15.0. The van der Waals surface area contributed by atoms with E-state index in [1.54, 1.807) is 23.9 Å². The van der Waals surface area contributed by atoms with Gasteiger partial charge >= 0.3 is 0 Å². The van der Waals surface area contributed by atoms with Crippen LogP contribution in [0.25, 0.3) is 0 Å². The highest BCUT2D eigenvalue weighted by atomic mass is 35.5. The first-order valence-corrected chi connectivity index (χ1v) is 7.33. The summed E-state index contributed by atoms with van der Waals surface area (Å²) in [5.41, 5.74) is 1.48. The second-order valence-electron chi connectivity index (χ2n) is 5.48. The predicted octanol–water partition coefficient (Wildman–Crippen LogP) is 2.32. The molecule has 0 spiro atoms. The summed E-state index contributed by atoms with van der Waals surface area (Å²) in [7, 11) is 0. The number of piperidine rings is 1. The van der Waals surface area contributed by atoms with E-state index in [0.29, 0.717) is 5.69 Å².